The van der Waals surface area contributed by atoms with E-state index in [9.17, 15) is 9.59 Å². The highest BCUT2D eigenvalue weighted by Gasteiger charge is 2.53. The molecule has 3 heterocycles. The van der Waals surface area contributed by atoms with E-state index in [2.05, 4.69) is 0 Å². The quantitative estimate of drug-likeness (QED) is 0.658. The van der Waals surface area contributed by atoms with Gasteiger partial charge in [0.2, 0.25) is 5.91 Å². The van der Waals surface area contributed by atoms with Crippen molar-refractivity contribution in [3.63, 3.8) is 0 Å². The minimum Gasteiger partial charge on any atom is -0.444 e. The summed E-state index contributed by atoms with van der Waals surface area (Å²) in [5.74, 6) is -0.0434. The van der Waals surface area contributed by atoms with Gasteiger partial charge in [0.25, 0.3) is 0 Å². The number of likely N-dealkylation sites (tertiary alicyclic amines) is 1. The van der Waals surface area contributed by atoms with Gasteiger partial charge < -0.3 is 18.9 Å². The third kappa shape index (κ3) is 4.03. The fourth-order valence-corrected chi connectivity index (χ4v) is 4.62. The van der Waals surface area contributed by atoms with Crippen molar-refractivity contribution < 1.29 is 23.6 Å². The van der Waals surface area contributed by atoms with Gasteiger partial charge in [0.1, 0.15) is 11.6 Å². The maximum atomic E-state index is 13.5. The molecule has 2 saturated heterocycles. The van der Waals surface area contributed by atoms with E-state index in [-0.39, 0.29) is 5.91 Å². The van der Waals surface area contributed by atoms with E-state index < -0.39 is 36.1 Å². The summed E-state index contributed by atoms with van der Waals surface area (Å²) in [5.41, 5.74) is 1.51. The maximum absolute atomic E-state index is 13.5. The van der Waals surface area contributed by atoms with Gasteiger partial charge in [0, 0.05) is 18.8 Å². The first-order valence-corrected chi connectivity index (χ1v) is 11.6. The first-order chi connectivity index (χ1) is 14.8. The van der Waals surface area contributed by atoms with Crippen LogP contribution in [0.15, 0.2) is 18.2 Å². The number of rotatable bonds is 2. The molecule has 0 spiro atoms. The van der Waals surface area contributed by atoms with Crippen LogP contribution in [-0.4, -0.2) is 60.0 Å². The number of benzene rings is 1. The molecule has 3 aliphatic rings. The largest absolute Gasteiger partial charge is 0.495 e. The molecule has 3 aliphatic heterocycles. The van der Waals surface area contributed by atoms with Crippen LogP contribution in [0.3, 0.4) is 0 Å². The maximum Gasteiger partial charge on any atom is 0.495 e. The van der Waals surface area contributed by atoms with Gasteiger partial charge in [0.05, 0.1) is 11.2 Å². The number of carbonyl (C=O) groups is 2. The van der Waals surface area contributed by atoms with E-state index in [1.807, 2.05) is 71.6 Å². The fourth-order valence-electron chi connectivity index (χ4n) is 4.62. The highest BCUT2D eigenvalue weighted by atomic mass is 16.7. The lowest BCUT2D eigenvalue weighted by Crippen LogP contribution is -2.48. The van der Waals surface area contributed by atoms with Crippen LogP contribution in [-0.2, 0) is 25.3 Å². The van der Waals surface area contributed by atoms with Crippen LogP contribution >= 0.6 is 0 Å². The van der Waals surface area contributed by atoms with Crippen molar-refractivity contribution in [2.75, 3.05) is 18.0 Å². The van der Waals surface area contributed by atoms with Gasteiger partial charge >= 0.3 is 13.2 Å². The van der Waals surface area contributed by atoms with E-state index in [1.54, 1.807) is 4.90 Å². The monoisotopic (exact) mass is 442 g/mol. The Kier molecular flexibility index (Phi) is 5.61. The summed E-state index contributed by atoms with van der Waals surface area (Å²) in [6.45, 7) is 14.8. The van der Waals surface area contributed by atoms with Gasteiger partial charge in [-0.25, -0.2) is 4.79 Å². The summed E-state index contributed by atoms with van der Waals surface area (Å²) >= 11 is 0. The third-order valence-corrected chi connectivity index (χ3v) is 7.00. The van der Waals surface area contributed by atoms with Crippen LogP contribution in [0.1, 0.15) is 66.9 Å². The van der Waals surface area contributed by atoms with E-state index in [1.165, 1.54) is 0 Å². The number of amides is 2. The predicted molar refractivity (Wildman–Crippen MR) is 124 cm³/mol. The lowest BCUT2D eigenvalue weighted by Gasteiger charge is -2.32. The molecule has 2 fully saturated rings. The highest BCUT2D eigenvalue weighted by molar-refractivity contribution is 6.63. The molecule has 7 nitrogen and oxygen atoms in total. The number of ether oxygens (including phenoxy) is 1. The molecule has 1 aromatic rings. The minimum absolute atomic E-state index is 0.0434. The minimum atomic E-state index is -0.592. The zero-order valence-corrected chi connectivity index (χ0v) is 20.4. The molecular weight excluding hydrogens is 407 g/mol. The standard InChI is InChI=1S/C24H35BN2O5/c1-22(2,3)30-21(29)27-14-9-12-19(27)20(28)26-15-13-16-17(10-8-11-18(16)26)25-31-23(4,5)24(6,7)32-25/h8,10-11,19H,9,12-15H2,1-7H3/t19-/m0/s1. The van der Waals surface area contributed by atoms with Gasteiger partial charge in [-0.2, -0.15) is 0 Å². The van der Waals surface area contributed by atoms with Gasteiger partial charge in [-0.05, 0) is 84.8 Å². The summed E-state index contributed by atoms with van der Waals surface area (Å²) in [4.78, 5) is 29.6. The topological polar surface area (TPSA) is 68.3 Å². The van der Waals surface area contributed by atoms with Crippen LogP contribution in [0.25, 0.3) is 0 Å². The molecule has 8 heteroatoms. The first-order valence-electron chi connectivity index (χ1n) is 11.6. The van der Waals surface area contributed by atoms with Crippen molar-refractivity contribution >= 4 is 30.3 Å². The number of hydrogen-bond donors (Lipinski definition) is 0. The molecule has 0 N–H and O–H groups in total. The first kappa shape index (κ1) is 23.1. The molecule has 1 atom stereocenters. The second kappa shape index (κ2) is 7.77. The molecule has 0 unspecified atom stereocenters. The smallest absolute Gasteiger partial charge is 0.444 e. The average Bonchev–Trinajstić information content (AvgIpc) is 3.36. The average molecular weight is 442 g/mol. The number of carbonyl (C=O) groups excluding carboxylic acids is 2. The van der Waals surface area contributed by atoms with Gasteiger partial charge in [-0.15, -0.1) is 0 Å². The number of nitrogens with zero attached hydrogens (tertiary/aromatic N) is 2. The molecule has 0 saturated carbocycles. The van der Waals surface area contributed by atoms with E-state index in [0.29, 0.717) is 19.5 Å². The van der Waals surface area contributed by atoms with Crippen LogP contribution in [0, 0.1) is 0 Å². The summed E-state index contributed by atoms with van der Waals surface area (Å²) in [5, 5.41) is 0. The molecular formula is C24H35BN2O5. The van der Waals surface area contributed by atoms with E-state index in [0.717, 1.165) is 29.6 Å². The number of fused-ring (bicyclic) bond motifs is 1. The fraction of sp³-hybridized carbons (Fsp3) is 0.667. The van der Waals surface area contributed by atoms with Crippen LogP contribution < -0.4 is 10.4 Å². The normalized spacial score (nSPS) is 24.1. The Bertz CT molecular complexity index is 907. The van der Waals surface area contributed by atoms with Gasteiger partial charge in [-0.1, -0.05) is 12.1 Å². The van der Waals surface area contributed by atoms with Crippen molar-refractivity contribution in [1.82, 2.24) is 4.90 Å². The van der Waals surface area contributed by atoms with Crippen LogP contribution in [0.5, 0.6) is 0 Å². The molecule has 4 rings (SSSR count). The van der Waals surface area contributed by atoms with Crippen molar-refractivity contribution in [3.8, 4) is 0 Å². The summed E-state index contributed by atoms with van der Waals surface area (Å²) in [6, 6.07) is 5.46. The van der Waals surface area contributed by atoms with Crippen LogP contribution in [0.4, 0.5) is 10.5 Å². The van der Waals surface area contributed by atoms with Crippen molar-refractivity contribution in [1.29, 1.82) is 0 Å². The lowest BCUT2D eigenvalue weighted by molar-refractivity contribution is -0.122. The SMILES string of the molecule is CC(C)(C)OC(=O)N1CCC[C@H]1C(=O)N1CCc2c(B3OC(C)(C)C(C)(C)O3)cccc21. The van der Waals surface area contributed by atoms with E-state index in [4.69, 9.17) is 14.0 Å². The summed E-state index contributed by atoms with van der Waals surface area (Å²) < 4.78 is 18.1. The van der Waals surface area contributed by atoms with Crippen molar-refractivity contribution in [2.45, 2.75) is 90.6 Å². The second-order valence-corrected chi connectivity index (χ2v) is 11.0. The second-order valence-electron chi connectivity index (χ2n) is 11.0. The lowest BCUT2D eigenvalue weighted by atomic mass is 9.75. The highest BCUT2D eigenvalue weighted by Crippen LogP contribution is 2.38. The van der Waals surface area contributed by atoms with Gasteiger partial charge in [-0.3, -0.25) is 9.69 Å². The summed E-state index contributed by atoms with van der Waals surface area (Å²) in [7, 11) is -0.463. The Hall–Kier alpha value is -2.06. The number of hydrogen-bond acceptors (Lipinski definition) is 5. The zero-order chi connectivity index (χ0) is 23.5. The molecule has 32 heavy (non-hydrogen) atoms. The molecule has 0 bridgehead atoms. The number of anilines is 1. The Morgan fingerprint density at radius 1 is 1.09 bits per heavy atom. The molecule has 2 amide bonds. The van der Waals surface area contributed by atoms with Crippen molar-refractivity contribution in [3.05, 3.63) is 23.8 Å². The zero-order valence-electron chi connectivity index (χ0n) is 20.4. The molecule has 1 aromatic carbocycles. The molecule has 0 aromatic heterocycles. The molecule has 0 radical (unpaired) electrons. The van der Waals surface area contributed by atoms with E-state index >= 15 is 0 Å². The molecule has 174 valence electrons. The van der Waals surface area contributed by atoms with Crippen LogP contribution in [0.2, 0.25) is 0 Å². The summed E-state index contributed by atoms with van der Waals surface area (Å²) in [6.07, 6.45) is 1.77. The Morgan fingerprint density at radius 3 is 2.38 bits per heavy atom. The van der Waals surface area contributed by atoms with Gasteiger partial charge in [0.15, 0.2) is 0 Å². The predicted octanol–water partition coefficient (Wildman–Crippen LogP) is 3.27. The Balaban J connectivity index is 1.56. The Morgan fingerprint density at radius 2 is 1.75 bits per heavy atom. The third-order valence-electron chi connectivity index (χ3n) is 7.00. The molecule has 0 aliphatic carbocycles. The Labute approximate surface area is 191 Å². The van der Waals surface area contributed by atoms with Crippen molar-refractivity contribution in [2.24, 2.45) is 0 Å².